The molecule has 6 nitrogen and oxygen atoms in total. The predicted octanol–water partition coefficient (Wildman–Crippen LogP) is 2.59. The van der Waals surface area contributed by atoms with E-state index in [9.17, 15) is 16.8 Å². The standard InChI is InChI=1S/C17H18O6S2/c1-12(23-24(2,18)19)13-3-6-16(7-4-13)25(20,21)17-8-5-14-10-22-11-15(14)9-17/h3-9,12H,10-11H2,1-2H3. The fourth-order valence-corrected chi connectivity index (χ4v) is 4.63. The molecule has 0 aliphatic carbocycles. The second-order valence-electron chi connectivity index (χ2n) is 5.94. The van der Waals surface area contributed by atoms with Gasteiger partial charge in [0.05, 0.1) is 35.4 Å². The highest BCUT2D eigenvalue weighted by atomic mass is 32.2. The molecule has 25 heavy (non-hydrogen) atoms. The van der Waals surface area contributed by atoms with Gasteiger partial charge in [0.25, 0.3) is 10.1 Å². The molecule has 2 aromatic carbocycles. The summed E-state index contributed by atoms with van der Waals surface area (Å²) in [6, 6.07) is 11.0. The Morgan fingerprint density at radius 2 is 1.52 bits per heavy atom. The Labute approximate surface area is 147 Å². The predicted molar refractivity (Wildman–Crippen MR) is 91.2 cm³/mol. The number of sulfone groups is 1. The van der Waals surface area contributed by atoms with Gasteiger partial charge >= 0.3 is 0 Å². The van der Waals surface area contributed by atoms with Crippen LogP contribution in [0.3, 0.4) is 0 Å². The summed E-state index contributed by atoms with van der Waals surface area (Å²) in [5, 5.41) is 0. The third-order valence-electron chi connectivity index (χ3n) is 3.98. The van der Waals surface area contributed by atoms with E-state index >= 15 is 0 Å². The maximum Gasteiger partial charge on any atom is 0.264 e. The van der Waals surface area contributed by atoms with E-state index in [1.807, 2.05) is 0 Å². The second kappa shape index (κ2) is 6.53. The van der Waals surface area contributed by atoms with Crippen molar-refractivity contribution in [1.29, 1.82) is 0 Å². The van der Waals surface area contributed by atoms with Gasteiger partial charge in [-0.05, 0) is 47.9 Å². The van der Waals surface area contributed by atoms with Gasteiger partial charge in [0, 0.05) is 0 Å². The monoisotopic (exact) mass is 382 g/mol. The third-order valence-corrected chi connectivity index (χ3v) is 6.39. The Bertz CT molecular complexity index is 992. The number of rotatable bonds is 5. The van der Waals surface area contributed by atoms with Crippen LogP contribution >= 0.6 is 0 Å². The van der Waals surface area contributed by atoms with Crippen molar-refractivity contribution in [3.8, 4) is 0 Å². The molecule has 0 bridgehead atoms. The molecule has 1 unspecified atom stereocenters. The van der Waals surface area contributed by atoms with Gasteiger partial charge < -0.3 is 4.74 Å². The summed E-state index contributed by atoms with van der Waals surface area (Å²) in [5.74, 6) is 0. The molecule has 134 valence electrons. The van der Waals surface area contributed by atoms with Crippen LogP contribution in [-0.2, 0) is 42.1 Å². The van der Waals surface area contributed by atoms with Crippen LogP contribution in [0.4, 0.5) is 0 Å². The molecule has 1 heterocycles. The Morgan fingerprint density at radius 1 is 0.920 bits per heavy atom. The van der Waals surface area contributed by atoms with Gasteiger partial charge in [-0.1, -0.05) is 18.2 Å². The molecule has 0 fully saturated rings. The van der Waals surface area contributed by atoms with Gasteiger partial charge in [0.1, 0.15) is 0 Å². The first-order valence-electron chi connectivity index (χ1n) is 7.60. The summed E-state index contributed by atoms with van der Waals surface area (Å²) in [6.45, 7) is 2.51. The third kappa shape index (κ3) is 3.92. The maximum absolute atomic E-state index is 12.8. The summed E-state index contributed by atoms with van der Waals surface area (Å²) in [4.78, 5) is 0.353. The van der Waals surface area contributed by atoms with Crippen LogP contribution in [0.15, 0.2) is 52.3 Å². The lowest BCUT2D eigenvalue weighted by Crippen LogP contribution is -2.08. The fraction of sp³-hybridized carbons (Fsp3) is 0.294. The minimum absolute atomic E-state index is 0.140. The largest absolute Gasteiger partial charge is 0.372 e. The first-order chi connectivity index (χ1) is 11.7. The molecule has 0 radical (unpaired) electrons. The Balaban J connectivity index is 1.88. The lowest BCUT2D eigenvalue weighted by Gasteiger charge is -2.12. The van der Waals surface area contributed by atoms with Crippen LogP contribution in [-0.4, -0.2) is 23.1 Å². The molecule has 8 heteroatoms. The molecule has 1 aliphatic rings. The Morgan fingerprint density at radius 3 is 2.16 bits per heavy atom. The molecule has 0 saturated heterocycles. The van der Waals surface area contributed by atoms with Gasteiger partial charge in [-0.15, -0.1) is 0 Å². The average molecular weight is 382 g/mol. The van der Waals surface area contributed by atoms with Gasteiger partial charge in [0.2, 0.25) is 9.84 Å². The quantitative estimate of drug-likeness (QED) is 0.739. The van der Waals surface area contributed by atoms with Crippen LogP contribution in [0.1, 0.15) is 29.7 Å². The van der Waals surface area contributed by atoms with Crippen molar-refractivity contribution in [2.45, 2.75) is 36.0 Å². The molecule has 3 rings (SSSR count). The average Bonchev–Trinajstić information content (AvgIpc) is 3.01. The fourth-order valence-electron chi connectivity index (χ4n) is 2.69. The molecule has 0 saturated carbocycles. The lowest BCUT2D eigenvalue weighted by atomic mass is 10.1. The molecule has 0 amide bonds. The minimum Gasteiger partial charge on any atom is -0.372 e. The van der Waals surface area contributed by atoms with Crippen molar-refractivity contribution in [2.24, 2.45) is 0 Å². The first-order valence-corrected chi connectivity index (χ1v) is 10.9. The number of ether oxygens (including phenoxy) is 1. The zero-order chi connectivity index (χ0) is 18.2. The van der Waals surface area contributed by atoms with E-state index in [0.717, 1.165) is 17.4 Å². The van der Waals surface area contributed by atoms with Crippen molar-refractivity contribution < 1.29 is 25.8 Å². The number of hydrogen-bond donors (Lipinski definition) is 0. The number of benzene rings is 2. The lowest BCUT2D eigenvalue weighted by molar-refractivity contribution is 0.134. The minimum atomic E-state index is -3.65. The topological polar surface area (TPSA) is 86.7 Å². The van der Waals surface area contributed by atoms with E-state index in [0.29, 0.717) is 18.8 Å². The van der Waals surface area contributed by atoms with Crippen molar-refractivity contribution in [3.63, 3.8) is 0 Å². The van der Waals surface area contributed by atoms with E-state index in [4.69, 9.17) is 8.92 Å². The van der Waals surface area contributed by atoms with E-state index in [-0.39, 0.29) is 9.79 Å². The molecule has 1 aliphatic heterocycles. The van der Waals surface area contributed by atoms with Crippen molar-refractivity contribution in [1.82, 2.24) is 0 Å². The molecule has 0 N–H and O–H groups in total. The zero-order valence-electron chi connectivity index (χ0n) is 13.8. The van der Waals surface area contributed by atoms with Gasteiger partial charge in [-0.2, -0.15) is 8.42 Å². The first kappa shape index (κ1) is 18.1. The van der Waals surface area contributed by atoms with E-state index in [1.165, 1.54) is 12.1 Å². The van der Waals surface area contributed by atoms with Crippen LogP contribution in [0.25, 0.3) is 0 Å². The van der Waals surface area contributed by atoms with Crippen LogP contribution in [0.5, 0.6) is 0 Å². The highest BCUT2D eigenvalue weighted by Gasteiger charge is 2.21. The SMILES string of the molecule is CC(OS(C)(=O)=O)c1ccc(S(=O)(=O)c2ccc3c(c2)COC3)cc1. The molecule has 1 atom stereocenters. The number of hydrogen-bond acceptors (Lipinski definition) is 6. The highest BCUT2D eigenvalue weighted by Crippen LogP contribution is 2.28. The second-order valence-corrected chi connectivity index (χ2v) is 9.49. The van der Waals surface area contributed by atoms with Crippen LogP contribution < -0.4 is 0 Å². The molecule has 2 aromatic rings. The van der Waals surface area contributed by atoms with Crippen molar-refractivity contribution in [2.75, 3.05) is 6.26 Å². The van der Waals surface area contributed by atoms with Crippen molar-refractivity contribution >= 4 is 20.0 Å². The molecular formula is C17H18O6S2. The summed E-state index contributed by atoms with van der Waals surface area (Å²) in [7, 11) is -7.24. The summed E-state index contributed by atoms with van der Waals surface area (Å²) < 4.78 is 58.1. The molecular weight excluding hydrogens is 364 g/mol. The van der Waals surface area contributed by atoms with E-state index in [1.54, 1.807) is 37.3 Å². The van der Waals surface area contributed by atoms with E-state index < -0.39 is 26.1 Å². The molecule has 0 aromatic heterocycles. The van der Waals surface area contributed by atoms with Gasteiger partial charge in [-0.3, -0.25) is 4.18 Å². The van der Waals surface area contributed by atoms with Gasteiger partial charge in [-0.25, -0.2) is 8.42 Å². The van der Waals surface area contributed by atoms with Crippen LogP contribution in [0, 0.1) is 0 Å². The van der Waals surface area contributed by atoms with Gasteiger partial charge in [0.15, 0.2) is 0 Å². The molecule has 0 spiro atoms. The maximum atomic E-state index is 12.8. The van der Waals surface area contributed by atoms with Crippen molar-refractivity contribution in [3.05, 3.63) is 59.2 Å². The van der Waals surface area contributed by atoms with Crippen LogP contribution in [0.2, 0.25) is 0 Å². The Hall–Kier alpha value is -1.74. The smallest absolute Gasteiger partial charge is 0.264 e. The zero-order valence-corrected chi connectivity index (χ0v) is 15.4. The summed E-state index contributed by atoms with van der Waals surface area (Å²) in [5.41, 5.74) is 2.46. The summed E-state index contributed by atoms with van der Waals surface area (Å²) >= 11 is 0. The van der Waals surface area contributed by atoms with E-state index in [2.05, 4.69) is 0 Å². The Kier molecular flexibility index (Phi) is 4.72. The highest BCUT2D eigenvalue weighted by molar-refractivity contribution is 7.91. The normalized spacial score (nSPS) is 15.8. The summed E-state index contributed by atoms with van der Waals surface area (Å²) in [6.07, 6.45) is 0.281. The number of fused-ring (bicyclic) bond motifs is 1.